The third kappa shape index (κ3) is 1.74. The fourth-order valence-corrected chi connectivity index (χ4v) is 1.49. The third-order valence-electron chi connectivity index (χ3n) is 2.32. The van der Waals surface area contributed by atoms with Gasteiger partial charge in [0, 0.05) is 18.8 Å². The van der Waals surface area contributed by atoms with Gasteiger partial charge in [0.15, 0.2) is 0 Å². The minimum absolute atomic E-state index is 0.399. The molecule has 0 saturated heterocycles. The van der Waals surface area contributed by atoms with Crippen molar-refractivity contribution in [3.8, 4) is 5.88 Å². The van der Waals surface area contributed by atoms with E-state index in [1.54, 1.807) is 25.4 Å². The highest BCUT2D eigenvalue weighted by atomic mass is 16.5. The van der Waals surface area contributed by atoms with Gasteiger partial charge in [-0.3, -0.25) is 0 Å². The van der Waals surface area contributed by atoms with E-state index >= 15 is 0 Å². The van der Waals surface area contributed by atoms with Gasteiger partial charge in [0.05, 0.1) is 19.0 Å². The molecule has 1 unspecified atom stereocenters. The summed E-state index contributed by atoms with van der Waals surface area (Å²) in [6.45, 7) is 0. The highest BCUT2D eigenvalue weighted by molar-refractivity contribution is 5.32. The first-order valence-corrected chi connectivity index (χ1v) is 4.75. The minimum Gasteiger partial charge on any atom is -0.481 e. The average Bonchev–Trinajstić information content (AvgIpc) is 2.74. The summed E-state index contributed by atoms with van der Waals surface area (Å²) < 4.78 is 6.59. The average molecular weight is 220 g/mol. The second-order valence-electron chi connectivity index (χ2n) is 3.29. The van der Waals surface area contributed by atoms with Crippen LogP contribution in [0.2, 0.25) is 0 Å². The summed E-state index contributed by atoms with van der Waals surface area (Å²) in [5.74, 6) is 0.399. The SMILES string of the molecule is COc1ncccc1C(O)c1cnnn1C. The van der Waals surface area contributed by atoms with Gasteiger partial charge in [-0.2, -0.15) is 0 Å². The van der Waals surface area contributed by atoms with E-state index in [1.165, 1.54) is 18.0 Å². The molecule has 0 fully saturated rings. The summed E-state index contributed by atoms with van der Waals surface area (Å²) in [4.78, 5) is 4.03. The quantitative estimate of drug-likeness (QED) is 0.805. The molecule has 0 aliphatic heterocycles. The number of hydrogen-bond donors (Lipinski definition) is 1. The van der Waals surface area contributed by atoms with Gasteiger partial charge >= 0.3 is 0 Å². The van der Waals surface area contributed by atoms with Crippen LogP contribution in [0.15, 0.2) is 24.5 Å². The molecule has 0 aliphatic carbocycles. The zero-order valence-corrected chi connectivity index (χ0v) is 9.03. The molecule has 0 bridgehead atoms. The van der Waals surface area contributed by atoms with Crippen LogP contribution in [0.4, 0.5) is 0 Å². The Hall–Kier alpha value is -1.95. The van der Waals surface area contributed by atoms with Crippen molar-refractivity contribution in [2.45, 2.75) is 6.10 Å². The molecule has 0 amide bonds. The third-order valence-corrected chi connectivity index (χ3v) is 2.32. The molecule has 1 N–H and O–H groups in total. The predicted octanol–water partition coefficient (Wildman–Crippen LogP) is 0.300. The zero-order valence-electron chi connectivity index (χ0n) is 9.03. The molecular weight excluding hydrogens is 208 g/mol. The molecule has 2 aromatic rings. The van der Waals surface area contributed by atoms with E-state index in [4.69, 9.17) is 4.74 Å². The van der Waals surface area contributed by atoms with E-state index in [-0.39, 0.29) is 0 Å². The molecule has 2 heterocycles. The molecule has 6 nitrogen and oxygen atoms in total. The number of methoxy groups -OCH3 is 1. The van der Waals surface area contributed by atoms with E-state index in [1.807, 2.05) is 0 Å². The molecule has 0 saturated carbocycles. The summed E-state index contributed by atoms with van der Waals surface area (Å²) in [5, 5.41) is 17.6. The lowest BCUT2D eigenvalue weighted by Crippen LogP contribution is -2.08. The number of aliphatic hydroxyl groups excluding tert-OH is 1. The van der Waals surface area contributed by atoms with Crippen molar-refractivity contribution in [3.05, 3.63) is 35.8 Å². The number of aryl methyl sites for hydroxylation is 1. The summed E-state index contributed by atoms with van der Waals surface area (Å²) in [6, 6.07) is 3.49. The summed E-state index contributed by atoms with van der Waals surface area (Å²) in [6.07, 6.45) is 2.27. The van der Waals surface area contributed by atoms with E-state index in [0.717, 1.165) is 0 Å². The van der Waals surface area contributed by atoms with Crippen molar-refractivity contribution in [2.24, 2.45) is 7.05 Å². The number of aliphatic hydroxyl groups is 1. The maximum atomic E-state index is 10.2. The van der Waals surface area contributed by atoms with Crippen LogP contribution < -0.4 is 4.74 Å². The van der Waals surface area contributed by atoms with Crippen molar-refractivity contribution >= 4 is 0 Å². The molecule has 0 aliphatic rings. The lowest BCUT2D eigenvalue weighted by Gasteiger charge is -2.12. The topological polar surface area (TPSA) is 73.1 Å². The minimum atomic E-state index is -0.844. The first-order valence-electron chi connectivity index (χ1n) is 4.75. The highest BCUT2D eigenvalue weighted by Gasteiger charge is 2.19. The first-order chi connectivity index (χ1) is 7.74. The number of ether oxygens (including phenoxy) is 1. The Balaban J connectivity index is 2.41. The number of rotatable bonds is 3. The standard InChI is InChI=1S/C10H12N4O2/c1-14-8(6-12-13-14)9(15)7-4-3-5-11-10(7)16-2/h3-6,9,15H,1-2H3. The van der Waals surface area contributed by atoms with Crippen LogP contribution in [0.25, 0.3) is 0 Å². The fourth-order valence-electron chi connectivity index (χ4n) is 1.49. The van der Waals surface area contributed by atoms with Gasteiger partial charge in [0.2, 0.25) is 5.88 Å². The zero-order chi connectivity index (χ0) is 11.5. The molecule has 6 heteroatoms. The largest absolute Gasteiger partial charge is 0.481 e. The van der Waals surface area contributed by atoms with Crippen LogP contribution >= 0.6 is 0 Å². The van der Waals surface area contributed by atoms with E-state index in [2.05, 4.69) is 15.3 Å². The van der Waals surface area contributed by atoms with Crippen LogP contribution in [0, 0.1) is 0 Å². The Kier molecular flexibility index (Phi) is 2.82. The molecule has 16 heavy (non-hydrogen) atoms. The van der Waals surface area contributed by atoms with Crippen molar-refractivity contribution in [1.82, 2.24) is 20.0 Å². The van der Waals surface area contributed by atoms with Gasteiger partial charge < -0.3 is 9.84 Å². The fraction of sp³-hybridized carbons (Fsp3) is 0.300. The normalized spacial score (nSPS) is 12.4. The van der Waals surface area contributed by atoms with Crippen molar-refractivity contribution in [2.75, 3.05) is 7.11 Å². The second kappa shape index (κ2) is 4.28. The van der Waals surface area contributed by atoms with Crippen LogP contribution in [0.1, 0.15) is 17.4 Å². The Morgan fingerprint density at radius 2 is 2.31 bits per heavy atom. The van der Waals surface area contributed by atoms with Crippen molar-refractivity contribution in [1.29, 1.82) is 0 Å². The summed E-state index contributed by atoms with van der Waals surface area (Å²) in [5.41, 5.74) is 1.18. The Labute approximate surface area is 92.5 Å². The monoisotopic (exact) mass is 220 g/mol. The van der Waals surface area contributed by atoms with Crippen molar-refractivity contribution in [3.63, 3.8) is 0 Å². The van der Waals surface area contributed by atoms with Gasteiger partial charge in [-0.15, -0.1) is 5.10 Å². The Bertz CT molecular complexity index is 483. The first kappa shape index (κ1) is 10.6. The molecule has 0 aromatic carbocycles. The van der Waals surface area contributed by atoms with Crippen LogP contribution in [0.3, 0.4) is 0 Å². The Morgan fingerprint density at radius 1 is 1.50 bits per heavy atom. The van der Waals surface area contributed by atoms with Crippen LogP contribution in [-0.4, -0.2) is 32.2 Å². The molecular formula is C10H12N4O2. The van der Waals surface area contributed by atoms with Gasteiger partial charge in [0.1, 0.15) is 6.10 Å². The van der Waals surface area contributed by atoms with Crippen LogP contribution in [0.5, 0.6) is 5.88 Å². The second-order valence-corrected chi connectivity index (χ2v) is 3.29. The summed E-state index contributed by atoms with van der Waals surface area (Å²) >= 11 is 0. The lowest BCUT2D eigenvalue weighted by atomic mass is 10.1. The number of pyridine rings is 1. The maximum Gasteiger partial charge on any atom is 0.219 e. The number of nitrogens with zero attached hydrogens (tertiary/aromatic N) is 4. The lowest BCUT2D eigenvalue weighted by molar-refractivity contribution is 0.203. The predicted molar refractivity (Wildman–Crippen MR) is 55.9 cm³/mol. The Morgan fingerprint density at radius 3 is 2.94 bits per heavy atom. The maximum absolute atomic E-state index is 10.2. The van der Waals surface area contributed by atoms with E-state index < -0.39 is 6.10 Å². The summed E-state index contributed by atoms with van der Waals surface area (Å²) in [7, 11) is 3.23. The molecule has 2 aromatic heterocycles. The molecule has 0 radical (unpaired) electrons. The van der Waals surface area contributed by atoms with Gasteiger partial charge in [-0.05, 0) is 12.1 Å². The molecule has 1 atom stereocenters. The van der Waals surface area contributed by atoms with Gasteiger partial charge in [-0.25, -0.2) is 9.67 Å². The van der Waals surface area contributed by atoms with E-state index in [0.29, 0.717) is 17.1 Å². The molecule has 84 valence electrons. The van der Waals surface area contributed by atoms with Gasteiger partial charge in [-0.1, -0.05) is 5.21 Å². The van der Waals surface area contributed by atoms with Gasteiger partial charge in [0.25, 0.3) is 0 Å². The van der Waals surface area contributed by atoms with Crippen LogP contribution in [-0.2, 0) is 7.05 Å². The van der Waals surface area contributed by atoms with E-state index in [9.17, 15) is 5.11 Å². The van der Waals surface area contributed by atoms with Crippen molar-refractivity contribution < 1.29 is 9.84 Å². The molecule has 0 spiro atoms. The highest BCUT2D eigenvalue weighted by Crippen LogP contribution is 2.26. The number of hydrogen-bond acceptors (Lipinski definition) is 5. The number of aromatic nitrogens is 4. The molecule has 2 rings (SSSR count). The smallest absolute Gasteiger partial charge is 0.219 e.